The molecule has 5 heteroatoms. The molecule has 0 aromatic heterocycles. The van der Waals surface area contributed by atoms with Crippen LogP contribution in [0.1, 0.15) is 17.2 Å². The first-order chi connectivity index (χ1) is 9.50. The van der Waals surface area contributed by atoms with Crippen LogP contribution in [0.5, 0.6) is 0 Å². The van der Waals surface area contributed by atoms with E-state index < -0.39 is 18.0 Å². The van der Waals surface area contributed by atoms with Crippen molar-refractivity contribution in [3.8, 4) is 0 Å². The molecule has 0 saturated heterocycles. The molecule has 0 aliphatic heterocycles. The van der Waals surface area contributed by atoms with Crippen LogP contribution >= 0.6 is 23.2 Å². The predicted molar refractivity (Wildman–Crippen MR) is 79.5 cm³/mol. The van der Waals surface area contributed by atoms with E-state index in [1.807, 2.05) is 30.3 Å². The fourth-order valence-electron chi connectivity index (χ4n) is 2.02. The van der Waals surface area contributed by atoms with Crippen molar-refractivity contribution in [2.75, 3.05) is 0 Å². The fraction of sp³-hybridized carbons (Fsp3) is 0.200. The summed E-state index contributed by atoms with van der Waals surface area (Å²) in [5, 5.41) is 10.4. The number of benzene rings is 2. The van der Waals surface area contributed by atoms with E-state index in [-0.39, 0.29) is 15.6 Å². The molecule has 0 fully saturated rings. The standard InChI is InChI=1S/C15H14Cl2FNO/c16-10-6-7-11(18)13(14(10)17)15(19)12(20)8-9-4-2-1-3-5-9/h1-7,12,15,20H,8,19H2/t12-,15-/m1/s1. The maximum absolute atomic E-state index is 13.8. The lowest BCUT2D eigenvalue weighted by Crippen LogP contribution is -2.29. The highest BCUT2D eigenvalue weighted by atomic mass is 35.5. The zero-order chi connectivity index (χ0) is 14.7. The highest BCUT2D eigenvalue weighted by molar-refractivity contribution is 6.42. The second kappa shape index (κ2) is 6.55. The van der Waals surface area contributed by atoms with Crippen LogP contribution in [0.2, 0.25) is 10.0 Å². The summed E-state index contributed by atoms with van der Waals surface area (Å²) in [6.45, 7) is 0. The number of hydrogen-bond acceptors (Lipinski definition) is 2. The first-order valence-corrected chi connectivity index (χ1v) is 6.87. The molecule has 2 atom stereocenters. The van der Waals surface area contributed by atoms with Gasteiger partial charge in [0, 0.05) is 12.0 Å². The third kappa shape index (κ3) is 3.30. The Morgan fingerprint density at radius 1 is 1.10 bits per heavy atom. The number of rotatable bonds is 4. The van der Waals surface area contributed by atoms with Gasteiger partial charge in [0.25, 0.3) is 0 Å². The number of halogens is 3. The van der Waals surface area contributed by atoms with Gasteiger partial charge in [0.05, 0.1) is 22.2 Å². The van der Waals surface area contributed by atoms with Crippen molar-refractivity contribution in [1.29, 1.82) is 0 Å². The van der Waals surface area contributed by atoms with E-state index >= 15 is 0 Å². The van der Waals surface area contributed by atoms with Gasteiger partial charge in [-0.15, -0.1) is 0 Å². The zero-order valence-corrected chi connectivity index (χ0v) is 12.1. The van der Waals surface area contributed by atoms with E-state index in [1.165, 1.54) is 12.1 Å². The Kier molecular flexibility index (Phi) is 5.00. The van der Waals surface area contributed by atoms with Crippen molar-refractivity contribution in [1.82, 2.24) is 0 Å². The third-order valence-corrected chi connectivity index (χ3v) is 3.93. The van der Waals surface area contributed by atoms with Gasteiger partial charge in [-0.25, -0.2) is 4.39 Å². The van der Waals surface area contributed by atoms with Gasteiger partial charge in [-0.05, 0) is 17.7 Å². The van der Waals surface area contributed by atoms with E-state index in [9.17, 15) is 9.50 Å². The molecule has 2 aromatic rings. The predicted octanol–water partition coefficient (Wildman–Crippen LogP) is 3.74. The maximum Gasteiger partial charge on any atom is 0.129 e. The quantitative estimate of drug-likeness (QED) is 0.845. The second-order valence-electron chi connectivity index (χ2n) is 4.54. The van der Waals surface area contributed by atoms with E-state index in [4.69, 9.17) is 28.9 Å². The van der Waals surface area contributed by atoms with E-state index in [0.717, 1.165) is 5.56 Å². The number of nitrogens with two attached hydrogens (primary N) is 1. The van der Waals surface area contributed by atoms with Gasteiger partial charge < -0.3 is 10.8 Å². The minimum atomic E-state index is -0.956. The van der Waals surface area contributed by atoms with Crippen LogP contribution in [0.3, 0.4) is 0 Å². The normalized spacial score (nSPS) is 14.1. The molecule has 0 spiro atoms. The van der Waals surface area contributed by atoms with Crippen LogP contribution in [0.25, 0.3) is 0 Å². The van der Waals surface area contributed by atoms with Gasteiger partial charge in [-0.1, -0.05) is 53.5 Å². The minimum Gasteiger partial charge on any atom is -0.391 e. The Morgan fingerprint density at radius 2 is 1.75 bits per heavy atom. The van der Waals surface area contributed by atoms with Gasteiger partial charge >= 0.3 is 0 Å². The summed E-state index contributed by atoms with van der Waals surface area (Å²) in [6, 6.07) is 10.9. The summed E-state index contributed by atoms with van der Waals surface area (Å²) in [4.78, 5) is 0. The highest BCUT2D eigenvalue weighted by Crippen LogP contribution is 2.33. The molecule has 0 radical (unpaired) electrons. The van der Waals surface area contributed by atoms with Gasteiger partial charge in [0.15, 0.2) is 0 Å². The summed E-state index contributed by atoms with van der Waals surface area (Å²) in [5.74, 6) is -0.570. The second-order valence-corrected chi connectivity index (χ2v) is 5.32. The lowest BCUT2D eigenvalue weighted by Gasteiger charge is -2.21. The van der Waals surface area contributed by atoms with Crippen molar-refractivity contribution >= 4 is 23.2 Å². The summed E-state index contributed by atoms with van der Waals surface area (Å²) < 4.78 is 13.8. The minimum absolute atomic E-state index is 0.0441. The van der Waals surface area contributed by atoms with E-state index in [1.54, 1.807) is 0 Å². The van der Waals surface area contributed by atoms with E-state index in [0.29, 0.717) is 6.42 Å². The van der Waals surface area contributed by atoms with Gasteiger partial charge in [0.2, 0.25) is 0 Å². The van der Waals surface area contributed by atoms with Crippen molar-refractivity contribution in [2.24, 2.45) is 5.73 Å². The molecular weight excluding hydrogens is 300 g/mol. The van der Waals surface area contributed by atoms with Crippen LogP contribution in [0.15, 0.2) is 42.5 Å². The molecule has 3 N–H and O–H groups in total. The first kappa shape index (κ1) is 15.3. The van der Waals surface area contributed by atoms with Crippen LogP contribution in [-0.4, -0.2) is 11.2 Å². The van der Waals surface area contributed by atoms with Crippen LogP contribution in [0, 0.1) is 5.82 Å². The Morgan fingerprint density at radius 3 is 2.40 bits per heavy atom. The molecular formula is C15H14Cl2FNO. The summed E-state index contributed by atoms with van der Waals surface area (Å²) in [5.41, 5.74) is 6.88. The number of aliphatic hydroxyl groups is 1. The largest absolute Gasteiger partial charge is 0.391 e. The molecule has 0 aliphatic rings. The smallest absolute Gasteiger partial charge is 0.129 e. The topological polar surface area (TPSA) is 46.2 Å². The van der Waals surface area contributed by atoms with Crippen LogP contribution < -0.4 is 5.73 Å². The zero-order valence-electron chi connectivity index (χ0n) is 10.6. The number of hydrogen-bond donors (Lipinski definition) is 2. The highest BCUT2D eigenvalue weighted by Gasteiger charge is 2.24. The lowest BCUT2D eigenvalue weighted by atomic mass is 9.96. The number of aliphatic hydroxyl groups excluding tert-OH is 1. The van der Waals surface area contributed by atoms with Gasteiger partial charge in [-0.3, -0.25) is 0 Å². The van der Waals surface area contributed by atoms with Crippen molar-refractivity contribution in [3.63, 3.8) is 0 Å². The molecule has 0 amide bonds. The molecule has 106 valence electrons. The third-order valence-electron chi connectivity index (χ3n) is 3.11. The Labute approximate surface area is 126 Å². The van der Waals surface area contributed by atoms with Crippen LogP contribution in [0.4, 0.5) is 4.39 Å². The maximum atomic E-state index is 13.8. The average Bonchev–Trinajstić information content (AvgIpc) is 2.44. The fourth-order valence-corrected chi connectivity index (χ4v) is 2.47. The first-order valence-electron chi connectivity index (χ1n) is 6.11. The van der Waals surface area contributed by atoms with Crippen molar-refractivity contribution in [3.05, 3.63) is 69.5 Å². The van der Waals surface area contributed by atoms with Crippen LogP contribution in [-0.2, 0) is 6.42 Å². The Balaban J connectivity index is 2.23. The molecule has 2 nitrogen and oxygen atoms in total. The Hall–Kier alpha value is -1.13. The Bertz CT molecular complexity index is 592. The molecule has 2 rings (SSSR count). The molecule has 0 saturated carbocycles. The van der Waals surface area contributed by atoms with Crippen molar-refractivity contribution < 1.29 is 9.50 Å². The molecule has 0 heterocycles. The lowest BCUT2D eigenvalue weighted by molar-refractivity contribution is 0.143. The van der Waals surface area contributed by atoms with Gasteiger partial charge in [-0.2, -0.15) is 0 Å². The molecule has 0 aliphatic carbocycles. The summed E-state index contributed by atoms with van der Waals surface area (Å²) >= 11 is 11.8. The molecule has 0 unspecified atom stereocenters. The molecule has 20 heavy (non-hydrogen) atoms. The monoisotopic (exact) mass is 313 g/mol. The van der Waals surface area contributed by atoms with Gasteiger partial charge in [0.1, 0.15) is 5.82 Å². The van der Waals surface area contributed by atoms with Crippen molar-refractivity contribution in [2.45, 2.75) is 18.6 Å². The summed E-state index contributed by atoms with van der Waals surface area (Å²) in [7, 11) is 0. The summed E-state index contributed by atoms with van der Waals surface area (Å²) in [6.07, 6.45) is -0.646. The molecule has 0 bridgehead atoms. The molecule has 2 aromatic carbocycles. The van der Waals surface area contributed by atoms with E-state index in [2.05, 4.69) is 0 Å². The SMILES string of the molecule is N[C@@H](c1c(F)ccc(Cl)c1Cl)[C@H](O)Cc1ccccc1. The average molecular weight is 314 g/mol.